The van der Waals surface area contributed by atoms with Crippen LogP contribution < -0.4 is 5.32 Å². The molecule has 0 fully saturated rings. The number of pyridine rings is 1. The van der Waals surface area contributed by atoms with Crippen LogP contribution in [0.1, 0.15) is 10.4 Å². The average Bonchev–Trinajstić information content (AvgIpc) is 3.21. The summed E-state index contributed by atoms with van der Waals surface area (Å²) >= 11 is 0. The normalized spacial score (nSPS) is 10.8. The Kier molecular flexibility index (Phi) is 3.05. The van der Waals surface area contributed by atoms with E-state index in [1.807, 2.05) is 24.3 Å². The summed E-state index contributed by atoms with van der Waals surface area (Å²) in [7, 11) is 0. The molecule has 0 saturated heterocycles. The quantitative estimate of drug-likeness (QED) is 0.601. The molecular formula is C15H10N6O2. The Morgan fingerprint density at radius 1 is 1.13 bits per heavy atom. The summed E-state index contributed by atoms with van der Waals surface area (Å²) in [6.07, 6.45) is 3.05. The molecule has 1 amide bonds. The van der Waals surface area contributed by atoms with E-state index in [0.717, 1.165) is 11.0 Å². The fourth-order valence-electron chi connectivity index (χ4n) is 2.17. The molecule has 0 radical (unpaired) electrons. The van der Waals surface area contributed by atoms with Crippen LogP contribution in [0.5, 0.6) is 0 Å². The zero-order chi connectivity index (χ0) is 15.6. The highest BCUT2D eigenvalue weighted by molar-refractivity contribution is 6.04. The van der Waals surface area contributed by atoms with Crippen molar-refractivity contribution in [1.29, 1.82) is 0 Å². The number of rotatable bonds is 3. The van der Waals surface area contributed by atoms with Crippen LogP contribution in [0.15, 0.2) is 53.4 Å². The third-order valence-electron chi connectivity index (χ3n) is 3.26. The largest absolute Gasteiger partial charge is 0.336 e. The van der Waals surface area contributed by atoms with E-state index in [1.165, 1.54) is 6.20 Å². The predicted octanol–water partition coefficient (Wildman–Crippen LogP) is 2.26. The first-order chi connectivity index (χ1) is 11.3. The van der Waals surface area contributed by atoms with E-state index in [-0.39, 0.29) is 11.7 Å². The standard InChI is InChI=1S/C15H10N6O2/c22-15(9-4-3-7-16-8-9)19-14-12(20-23-21-14)13-17-10-5-1-2-6-11(10)18-13/h1-8H,(H,17,18)(H,19,21,22). The van der Waals surface area contributed by atoms with Gasteiger partial charge >= 0.3 is 0 Å². The van der Waals surface area contributed by atoms with Gasteiger partial charge in [-0.25, -0.2) is 9.61 Å². The second kappa shape index (κ2) is 5.34. The lowest BCUT2D eigenvalue weighted by Gasteiger charge is -2.01. The zero-order valence-corrected chi connectivity index (χ0v) is 11.7. The summed E-state index contributed by atoms with van der Waals surface area (Å²) in [5.41, 5.74) is 2.38. The second-order valence-corrected chi connectivity index (χ2v) is 4.76. The van der Waals surface area contributed by atoms with Gasteiger partial charge < -0.3 is 10.3 Å². The SMILES string of the molecule is O=C(Nc1nonc1-c1nc2ccccc2[nH]1)c1cccnc1. The first-order valence-corrected chi connectivity index (χ1v) is 6.80. The predicted molar refractivity (Wildman–Crippen MR) is 81.6 cm³/mol. The molecule has 0 spiro atoms. The van der Waals surface area contributed by atoms with Gasteiger partial charge in [-0.1, -0.05) is 12.1 Å². The lowest BCUT2D eigenvalue weighted by molar-refractivity contribution is 0.102. The number of imidazole rings is 1. The van der Waals surface area contributed by atoms with Crippen LogP contribution in [0.25, 0.3) is 22.6 Å². The van der Waals surface area contributed by atoms with Crippen molar-refractivity contribution in [3.8, 4) is 11.5 Å². The molecule has 0 aliphatic carbocycles. The van der Waals surface area contributed by atoms with E-state index in [9.17, 15) is 4.79 Å². The van der Waals surface area contributed by atoms with E-state index < -0.39 is 0 Å². The van der Waals surface area contributed by atoms with E-state index in [0.29, 0.717) is 17.1 Å². The maximum absolute atomic E-state index is 12.2. The zero-order valence-electron chi connectivity index (χ0n) is 11.7. The van der Waals surface area contributed by atoms with Crippen LogP contribution in [-0.2, 0) is 0 Å². The highest BCUT2D eigenvalue weighted by Gasteiger charge is 2.19. The summed E-state index contributed by atoms with van der Waals surface area (Å²) in [4.78, 5) is 23.6. The summed E-state index contributed by atoms with van der Waals surface area (Å²) in [6.45, 7) is 0. The fraction of sp³-hybridized carbons (Fsp3) is 0. The third-order valence-corrected chi connectivity index (χ3v) is 3.26. The number of aromatic amines is 1. The Morgan fingerprint density at radius 3 is 2.87 bits per heavy atom. The summed E-state index contributed by atoms with van der Waals surface area (Å²) in [5, 5.41) is 10.2. The number of H-pyrrole nitrogens is 1. The minimum Gasteiger partial charge on any atom is -0.336 e. The maximum Gasteiger partial charge on any atom is 0.258 e. The van der Waals surface area contributed by atoms with Crippen LogP contribution in [0.4, 0.5) is 5.82 Å². The number of benzene rings is 1. The summed E-state index contributed by atoms with van der Waals surface area (Å²) < 4.78 is 4.74. The number of para-hydroxylation sites is 2. The molecule has 0 unspecified atom stereocenters. The van der Waals surface area contributed by atoms with Crippen LogP contribution in [0.2, 0.25) is 0 Å². The molecule has 0 bridgehead atoms. The Morgan fingerprint density at radius 2 is 2.04 bits per heavy atom. The molecule has 0 saturated carbocycles. The molecule has 3 aromatic heterocycles. The topological polar surface area (TPSA) is 110 Å². The van der Waals surface area contributed by atoms with Crippen LogP contribution in [-0.4, -0.2) is 31.2 Å². The third kappa shape index (κ3) is 2.42. The number of amides is 1. The molecular weight excluding hydrogens is 296 g/mol. The maximum atomic E-state index is 12.2. The molecule has 23 heavy (non-hydrogen) atoms. The van der Waals surface area contributed by atoms with Gasteiger partial charge in [0.1, 0.15) is 0 Å². The number of hydrogen-bond acceptors (Lipinski definition) is 6. The Hall–Kier alpha value is -3.55. The Balaban J connectivity index is 1.67. The van der Waals surface area contributed by atoms with Gasteiger partial charge in [-0.3, -0.25) is 9.78 Å². The van der Waals surface area contributed by atoms with Crippen molar-refractivity contribution in [1.82, 2.24) is 25.3 Å². The molecule has 4 aromatic rings. The molecule has 8 heteroatoms. The lowest BCUT2D eigenvalue weighted by Crippen LogP contribution is -2.13. The highest BCUT2D eigenvalue weighted by atomic mass is 16.6. The number of carbonyl (C=O) groups is 1. The molecule has 8 nitrogen and oxygen atoms in total. The molecule has 112 valence electrons. The van der Waals surface area contributed by atoms with Crippen molar-refractivity contribution in [3.05, 3.63) is 54.4 Å². The monoisotopic (exact) mass is 306 g/mol. The molecule has 3 heterocycles. The van der Waals surface area contributed by atoms with Gasteiger partial charge in [-0.15, -0.1) is 0 Å². The van der Waals surface area contributed by atoms with Gasteiger partial charge in [-0.2, -0.15) is 0 Å². The van der Waals surface area contributed by atoms with Crippen LogP contribution in [0.3, 0.4) is 0 Å². The fourth-order valence-corrected chi connectivity index (χ4v) is 2.17. The van der Waals surface area contributed by atoms with Gasteiger partial charge in [-0.05, 0) is 34.6 Å². The van der Waals surface area contributed by atoms with E-state index in [1.54, 1.807) is 18.3 Å². The van der Waals surface area contributed by atoms with Crippen molar-refractivity contribution in [2.24, 2.45) is 0 Å². The van der Waals surface area contributed by atoms with Crippen LogP contribution in [0, 0.1) is 0 Å². The molecule has 0 aliphatic heterocycles. The minimum absolute atomic E-state index is 0.193. The van der Waals surface area contributed by atoms with Gasteiger partial charge in [0.25, 0.3) is 5.91 Å². The molecule has 0 atom stereocenters. The average molecular weight is 306 g/mol. The smallest absolute Gasteiger partial charge is 0.258 e. The highest BCUT2D eigenvalue weighted by Crippen LogP contribution is 2.24. The number of nitrogens with one attached hydrogen (secondary N) is 2. The molecule has 4 rings (SSSR count). The first kappa shape index (κ1) is 13.1. The molecule has 0 aliphatic rings. The van der Waals surface area contributed by atoms with Crippen molar-refractivity contribution in [3.63, 3.8) is 0 Å². The van der Waals surface area contributed by atoms with E-state index in [4.69, 9.17) is 4.63 Å². The van der Waals surface area contributed by atoms with E-state index in [2.05, 4.69) is 30.6 Å². The van der Waals surface area contributed by atoms with Crippen molar-refractivity contribution in [2.45, 2.75) is 0 Å². The second-order valence-electron chi connectivity index (χ2n) is 4.76. The van der Waals surface area contributed by atoms with Crippen LogP contribution >= 0.6 is 0 Å². The Labute approximate surface area is 129 Å². The molecule has 2 N–H and O–H groups in total. The lowest BCUT2D eigenvalue weighted by atomic mass is 10.2. The van der Waals surface area contributed by atoms with E-state index >= 15 is 0 Å². The number of anilines is 1. The first-order valence-electron chi connectivity index (χ1n) is 6.80. The molecule has 1 aromatic carbocycles. The minimum atomic E-state index is -0.355. The summed E-state index contributed by atoms with van der Waals surface area (Å²) in [6, 6.07) is 10.9. The van der Waals surface area contributed by atoms with Gasteiger partial charge in [0.2, 0.25) is 5.82 Å². The van der Waals surface area contributed by atoms with Crippen molar-refractivity contribution >= 4 is 22.8 Å². The van der Waals surface area contributed by atoms with Gasteiger partial charge in [0, 0.05) is 12.4 Å². The summed E-state index contributed by atoms with van der Waals surface area (Å²) in [5.74, 6) is 0.304. The van der Waals surface area contributed by atoms with Gasteiger partial charge in [0.05, 0.1) is 16.6 Å². The number of carbonyl (C=O) groups excluding carboxylic acids is 1. The van der Waals surface area contributed by atoms with Gasteiger partial charge in [0.15, 0.2) is 11.5 Å². The van der Waals surface area contributed by atoms with Crippen molar-refractivity contribution in [2.75, 3.05) is 5.32 Å². The Bertz CT molecular complexity index is 943. The number of aromatic nitrogens is 5. The number of nitrogens with zero attached hydrogens (tertiary/aromatic N) is 4. The van der Waals surface area contributed by atoms with Crippen molar-refractivity contribution < 1.29 is 9.42 Å². The number of hydrogen-bond donors (Lipinski definition) is 2. The number of fused-ring (bicyclic) bond motifs is 1.